The predicted octanol–water partition coefficient (Wildman–Crippen LogP) is 0.503. The summed E-state index contributed by atoms with van der Waals surface area (Å²) in [5.41, 5.74) is 7.61. The Hall–Kier alpha value is -6.10. The smallest absolute Gasteiger partial charge is 0.793 e. The fraction of sp³-hybridized carbons (Fsp3) is 0.581. The van der Waals surface area contributed by atoms with Gasteiger partial charge < -0.3 is 56.6 Å². The summed E-state index contributed by atoms with van der Waals surface area (Å²) in [7, 11) is 4.45. The summed E-state index contributed by atoms with van der Waals surface area (Å²) >= 11 is 3.22. The average Bonchev–Trinajstić information content (AvgIpc) is 1.65. The molecule has 6 aliphatic rings. The number of piperazine rings is 2. The third-order valence-corrected chi connectivity index (χ3v) is 19.6. The number of carbonyl (C=O) groups excluding carboxylic acids is 4. The van der Waals surface area contributed by atoms with Crippen molar-refractivity contribution in [3.63, 3.8) is 0 Å². The molecule has 12 rings (SSSR count). The molecule has 31 nitrogen and oxygen atoms in total. The molecule has 0 amide bonds. The summed E-state index contributed by atoms with van der Waals surface area (Å²) in [6, 6.07) is 4.16. The Morgan fingerprint density at radius 2 is 1.01 bits per heavy atom. The molecule has 6 saturated heterocycles. The topological polar surface area (TPSA) is 337 Å². The molecule has 535 valence electrons. The Bertz CT molecular complexity index is 3860. The van der Waals surface area contributed by atoms with Crippen LogP contribution in [0.2, 0.25) is 0 Å². The van der Waals surface area contributed by atoms with E-state index in [-0.39, 0.29) is 52.7 Å². The van der Waals surface area contributed by atoms with Gasteiger partial charge in [0.25, 0.3) is 0 Å². The van der Waals surface area contributed by atoms with E-state index in [9.17, 15) is 36.0 Å². The van der Waals surface area contributed by atoms with E-state index >= 15 is 0 Å². The second kappa shape index (κ2) is 38.8. The van der Waals surface area contributed by atoms with Crippen molar-refractivity contribution < 1.29 is 98.9 Å². The summed E-state index contributed by atoms with van der Waals surface area (Å²) in [6.07, 6.45) is 9.59. The number of ether oxygens (including phenoxy) is 4. The molecule has 0 aliphatic carbocycles. The number of pyridine rings is 2. The van der Waals surface area contributed by atoms with Crippen LogP contribution < -0.4 is 63.6 Å². The van der Waals surface area contributed by atoms with Gasteiger partial charge in [0.05, 0.1) is 85.0 Å². The van der Waals surface area contributed by atoms with E-state index in [1.165, 1.54) is 58.2 Å². The minimum Gasteiger partial charge on any atom is -0.793 e. The van der Waals surface area contributed by atoms with Gasteiger partial charge in [0.2, 0.25) is 49.7 Å². The van der Waals surface area contributed by atoms with E-state index in [0.717, 1.165) is 150 Å². The Kier molecular flexibility index (Phi) is 31.4. The maximum atomic E-state index is 12.1. The molecular weight excluding hydrogens is 1370 g/mol. The van der Waals surface area contributed by atoms with Crippen LogP contribution in [-0.4, -0.2) is 281 Å². The van der Waals surface area contributed by atoms with Crippen LogP contribution >= 0.6 is 22.7 Å². The number of Topliss-reactive ketones (excluding diaryl/α,β-unsaturated/α-hetero) is 1. The summed E-state index contributed by atoms with van der Waals surface area (Å²) in [6.45, 7) is 23.1. The zero-order valence-corrected chi connectivity index (χ0v) is 63.3. The van der Waals surface area contributed by atoms with Crippen molar-refractivity contribution >= 4 is 118 Å². The van der Waals surface area contributed by atoms with Crippen molar-refractivity contribution in [2.45, 2.75) is 65.6 Å². The molecule has 0 saturated carbocycles. The van der Waals surface area contributed by atoms with E-state index in [1.54, 1.807) is 47.2 Å². The van der Waals surface area contributed by atoms with E-state index in [4.69, 9.17) is 38.9 Å². The SMILES string of the molecule is CC(=O)OOC(C)=O.CN1CCC(=O)CC1.COc1ncc(-c2nc(N3CCOCC3)nc3c(CN4CCN(C5CCN(C)CC5)CC4)csc23)cc1NS(C)(=O)=O.COc1ncc(-c2nc(N3CCOCC3)nc3c(CN4CCNCC4)csc23)cc1NS(C)(=O)=O.[B-]OC(C)=O.[Na+]. The van der Waals surface area contributed by atoms with Gasteiger partial charge in [-0.1, -0.05) is 0 Å². The van der Waals surface area contributed by atoms with E-state index < -0.39 is 38.0 Å². The molecule has 0 bridgehead atoms. The number of anilines is 4. The van der Waals surface area contributed by atoms with Gasteiger partial charge in [0.1, 0.15) is 17.2 Å². The molecular formula is C62H89BN16NaO15S4. The van der Waals surface area contributed by atoms with Crippen LogP contribution in [0, 0.1) is 0 Å². The fourth-order valence-electron chi connectivity index (χ4n) is 11.4. The fourth-order valence-corrected chi connectivity index (χ4v) is 14.5. The molecule has 0 aromatic carbocycles. The van der Waals surface area contributed by atoms with E-state index in [2.05, 4.69) is 99.3 Å². The van der Waals surface area contributed by atoms with Crippen LogP contribution in [0.15, 0.2) is 35.3 Å². The summed E-state index contributed by atoms with van der Waals surface area (Å²) < 4.78 is 80.3. The minimum atomic E-state index is -3.54. The average molecular weight is 1460 g/mol. The van der Waals surface area contributed by atoms with Crippen LogP contribution in [0.3, 0.4) is 0 Å². The molecule has 99 heavy (non-hydrogen) atoms. The van der Waals surface area contributed by atoms with Gasteiger partial charge in [-0.15, -0.1) is 22.7 Å². The van der Waals surface area contributed by atoms with Crippen molar-refractivity contribution in [3.05, 3.63) is 46.4 Å². The number of hydrogen-bond donors (Lipinski definition) is 3. The van der Waals surface area contributed by atoms with Crippen molar-refractivity contribution in [1.82, 2.24) is 59.7 Å². The normalized spacial score (nSPS) is 17.7. The van der Waals surface area contributed by atoms with Crippen LogP contribution in [0.4, 0.5) is 23.3 Å². The number of nitrogens with zero attached hydrogens (tertiary/aromatic N) is 13. The van der Waals surface area contributed by atoms with Gasteiger partial charge in [-0.2, -0.15) is 0 Å². The number of morpholine rings is 2. The van der Waals surface area contributed by atoms with Crippen LogP contribution in [0.5, 0.6) is 11.8 Å². The molecule has 6 aromatic heterocycles. The molecule has 3 N–H and O–H groups in total. The zero-order valence-electron chi connectivity index (χ0n) is 58.1. The van der Waals surface area contributed by atoms with Gasteiger partial charge >= 0.3 is 41.5 Å². The number of likely N-dealkylation sites (tertiary alicyclic amines) is 2. The van der Waals surface area contributed by atoms with Gasteiger partial charge in [0.15, 0.2) is 0 Å². The second-order valence-corrected chi connectivity index (χ2v) is 29.4. The zero-order chi connectivity index (χ0) is 70.5. The number of rotatable bonds is 15. The van der Waals surface area contributed by atoms with E-state index in [1.807, 2.05) is 7.05 Å². The first-order valence-corrected chi connectivity index (χ1v) is 37.7. The summed E-state index contributed by atoms with van der Waals surface area (Å²) in [5.74, 6) is 0.372. The number of methoxy groups -OCH3 is 2. The predicted molar refractivity (Wildman–Crippen MR) is 376 cm³/mol. The summed E-state index contributed by atoms with van der Waals surface area (Å²) in [4.78, 5) is 92.7. The number of fused-ring (bicyclic) bond motifs is 2. The van der Waals surface area contributed by atoms with Crippen LogP contribution in [0.1, 0.15) is 57.6 Å². The quantitative estimate of drug-likeness (QED) is 0.0716. The molecule has 6 aliphatic heterocycles. The van der Waals surface area contributed by atoms with Gasteiger partial charge in [-0.25, -0.2) is 66.1 Å². The van der Waals surface area contributed by atoms with Gasteiger partial charge in [-0.05, 0) is 62.9 Å². The Morgan fingerprint density at radius 1 is 0.606 bits per heavy atom. The Labute approximate surface area is 610 Å². The van der Waals surface area contributed by atoms with Crippen molar-refractivity contribution in [1.29, 1.82) is 0 Å². The van der Waals surface area contributed by atoms with Crippen molar-refractivity contribution in [2.24, 2.45) is 0 Å². The number of sulfonamides is 2. The number of carbonyl (C=O) groups is 4. The Morgan fingerprint density at radius 3 is 1.38 bits per heavy atom. The minimum absolute atomic E-state index is 0. The first kappa shape index (κ1) is 80.2. The number of hydrogen-bond acceptors (Lipinski definition) is 31. The molecule has 0 unspecified atom stereocenters. The summed E-state index contributed by atoms with van der Waals surface area (Å²) in [5, 5.41) is 7.75. The number of nitrogens with one attached hydrogen (secondary N) is 3. The number of piperidine rings is 2. The second-order valence-electron chi connectivity index (χ2n) is 24.1. The van der Waals surface area contributed by atoms with E-state index in [0.29, 0.717) is 87.5 Å². The molecule has 0 atom stereocenters. The van der Waals surface area contributed by atoms with Crippen LogP contribution in [0.25, 0.3) is 42.9 Å². The maximum absolute atomic E-state index is 12.1. The van der Waals surface area contributed by atoms with Gasteiger partial charge in [0, 0.05) is 179 Å². The molecule has 0 spiro atoms. The van der Waals surface area contributed by atoms with Crippen molar-refractivity contribution in [3.8, 4) is 34.3 Å². The van der Waals surface area contributed by atoms with Crippen LogP contribution in [-0.2, 0) is 76.2 Å². The third-order valence-electron chi connectivity index (χ3n) is 16.4. The number of ketones is 1. The first-order chi connectivity index (χ1) is 46.9. The Balaban J connectivity index is 0.000000215. The molecule has 6 aromatic rings. The first-order valence-electron chi connectivity index (χ1n) is 32.1. The number of aromatic nitrogens is 6. The van der Waals surface area contributed by atoms with Gasteiger partial charge in [-0.3, -0.25) is 33.7 Å². The maximum Gasteiger partial charge on any atom is 1.00 e. The molecule has 3 radical (unpaired) electrons. The number of thiophene rings is 2. The molecule has 37 heteroatoms. The third kappa shape index (κ3) is 24.8. The molecule has 6 fully saturated rings. The molecule has 12 heterocycles. The standard InChI is InChI=1S/C28H40N8O4S2.C22H29N7O4S2.C6H11NO.C4H6O4.C2H3BO2.Na/c1-33-6-4-22(5-7-33)35-10-8-34(9-11-35)18-21-19-41-26-24(30-28(31-25(21)26)36-12-14-40-15-13-36)20-16-23(32-42(3,37)38)27(39-2)29-17-20;1-32-21-17(27-35(2,30)31)11-15(12-24-21)18-20-19(26-22(25-18)29-7-9-33-10-8-29)16(14-34-20)13-28-5-3-23-4-6-28;1-7-4-2-6(8)3-5-7;1-3(5)7-8-4(2)6;1-2(4)5-3;/h16-17,19,22,32H,4-15,18H2,1-3H3;11-12,14,23,27H,3-10,13H2,1-2H3;2-5H2,1H3;1-2H3;1H3;/q;;;;-1;+1. The van der Waals surface area contributed by atoms with Crippen molar-refractivity contribution in [2.75, 3.05) is 191 Å². The largest absolute Gasteiger partial charge is 1.00 e. The monoisotopic (exact) mass is 1460 g/mol.